The van der Waals surface area contributed by atoms with E-state index in [4.69, 9.17) is 0 Å². The van der Waals surface area contributed by atoms with Crippen LogP contribution >= 0.6 is 0 Å². The second-order valence-electron chi connectivity index (χ2n) is 5.95. The molecule has 0 spiro atoms. The van der Waals surface area contributed by atoms with Crippen LogP contribution in [0.15, 0.2) is 18.2 Å². The highest BCUT2D eigenvalue weighted by atomic mass is 16.4. The molecule has 2 aromatic rings. The first kappa shape index (κ1) is 14.1. The molecule has 1 aliphatic rings. The van der Waals surface area contributed by atoms with Crippen molar-refractivity contribution in [1.29, 1.82) is 0 Å². The number of aromatic carboxylic acids is 1. The van der Waals surface area contributed by atoms with Crippen LogP contribution in [-0.4, -0.2) is 20.6 Å². The predicted molar refractivity (Wildman–Crippen MR) is 82.6 cm³/mol. The molecule has 3 rings (SSSR count). The lowest BCUT2D eigenvalue weighted by atomic mass is 10.0. The fourth-order valence-corrected chi connectivity index (χ4v) is 3.53. The molecular formula is C17H22N2O2. The summed E-state index contributed by atoms with van der Waals surface area (Å²) in [6, 6.07) is 5.37. The Balaban J connectivity index is 1.99. The van der Waals surface area contributed by atoms with Crippen LogP contribution < -0.4 is 0 Å². The lowest BCUT2D eigenvalue weighted by Crippen LogP contribution is -2.09. The van der Waals surface area contributed by atoms with E-state index < -0.39 is 5.97 Å². The summed E-state index contributed by atoms with van der Waals surface area (Å²) in [6.07, 6.45) is 7.29. The van der Waals surface area contributed by atoms with Crippen LogP contribution in [0.3, 0.4) is 0 Å². The van der Waals surface area contributed by atoms with Gasteiger partial charge in [-0.2, -0.15) is 0 Å². The molecule has 1 heterocycles. The van der Waals surface area contributed by atoms with Gasteiger partial charge in [-0.25, -0.2) is 9.78 Å². The molecule has 1 aromatic carbocycles. The van der Waals surface area contributed by atoms with Gasteiger partial charge in [-0.3, -0.25) is 0 Å². The fraction of sp³-hybridized carbons (Fsp3) is 0.529. The summed E-state index contributed by atoms with van der Waals surface area (Å²) in [5.41, 5.74) is 1.96. The first-order valence-corrected chi connectivity index (χ1v) is 7.92. The van der Waals surface area contributed by atoms with E-state index in [9.17, 15) is 9.90 Å². The number of benzene rings is 1. The van der Waals surface area contributed by atoms with Crippen LogP contribution in [0.25, 0.3) is 11.0 Å². The zero-order chi connectivity index (χ0) is 14.8. The molecule has 4 nitrogen and oxygen atoms in total. The topological polar surface area (TPSA) is 55.1 Å². The van der Waals surface area contributed by atoms with Crippen LogP contribution in [-0.2, 0) is 13.0 Å². The van der Waals surface area contributed by atoms with E-state index in [2.05, 4.69) is 16.5 Å². The van der Waals surface area contributed by atoms with Gasteiger partial charge in [-0.1, -0.05) is 38.7 Å². The van der Waals surface area contributed by atoms with Gasteiger partial charge in [0.1, 0.15) is 5.82 Å². The number of rotatable bonds is 5. The van der Waals surface area contributed by atoms with Crippen molar-refractivity contribution in [3.8, 4) is 0 Å². The van der Waals surface area contributed by atoms with Crippen molar-refractivity contribution < 1.29 is 9.90 Å². The van der Waals surface area contributed by atoms with E-state index in [0.29, 0.717) is 5.56 Å². The molecule has 112 valence electrons. The first-order valence-electron chi connectivity index (χ1n) is 7.92. The minimum Gasteiger partial charge on any atom is -0.478 e. The van der Waals surface area contributed by atoms with Gasteiger partial charge < -0.3 is 9.67 Å². The Bertz CT molecular complexity index is 654. The maximum Gasteiger partial charge on any atom is 0.337 e. The van der Waals surface area contributed by atoms with Crippen LogP contribution in [0.1, 0.15) is 55.2 Å². The summed E-state index contributed by atoms with van der Waals surface area (Å²) < 4.78 is 2.14. The van der Waals surface area contributed by atoms with E-state index in [0.717, 1.165) is 42.2 Å². The quantitative estimate of drug-likeness (QED) is 0.907. The Kier molecular flexibility index (Phi) is 3.95. The van der Waals surface area contributed by atoms with Crippen molar-refractivity contribution in [2.24, 2.45) is 5.92 Å². The number of aromatic nitrogens is 2. The Morgan fingerprint density at radius 1 is 1.38 bits per heavy atom. The van der Waals surface area contributed by atoms with Gasteiger partial charge in [-0.15, -0.1) is 0 Å². The number of aryl methyl sites for hydroxylation is 2. The van der Waals surface area contributed by atoms with Crippen molar-refractivity contribution in [2.45, 2.75) is 52.0 Å². The molecule has 0 bridgehead atoms. The number of imidazole rings is 1. The molecule has 0 amide bonds. The second-order valence-corrected chi connectivity index (χ2v) is 5.95. The standard InChI is InChI=1S/C17H22N2O2/c1-2-15-18-14-9-5-8-13(17(20)21)16(14)19(15)11-10-12-6-3-4-7-12/h5,8-9,12H,2-4,6-7,10-11H2,1H3,(H,20,21). The third-order valence-electron chi connectivity index (χ3n) is 4.63. The molecular weight excluding hydrogens is 264 g/mol. The van der Waals surface area contributed by atoms with Crippen molar-refractivity contribution in [3.63, 3.8) is 0 Å². The zero-order valence-corrected chi connectivity index (χ0v) is 12.5. The smallest absolute Gasteiger partial charge is 0.337 e. The third-order valence-corrected chi connectivity index (χ3v) is 4.63. The van der Waals surface area contributed by atoms with Crippen molar-refractivity contribution in [2.75, 3.05) is 0 Å². The van der Waals surface area contributed by atoms with E-state index in [1.807, 2.05) is 6.07 Å². The number of fused-ring (bicyclic) bond motifs is 1. The van der Waals surface area contributed by atoms with Gasteiger partial charge in [0.25, 0.3) is 0 Å². The highest BCUT2D eigenvalue weighted by molar-refractivity contribution is 6.01. The summed E-state index contributed by atoms with van der Waals surface area (Å²) in [7, 11) is 0. The summed E-state index contributed by atoms with van der Waals surface area (Å²) in [6.45, 7) is 2.96. The third kappa shape index (κ3) is 2.67. The number of nitrogens with zero attached hydrogens (tertiary/aromatic N) is 2. The molecule has 1 N–H and O–H groups in total. The van der Waals surface area contributed by atoms with Gasteiger partial charge in [-0.05, 0) is 24.5 Å². The van der Waals surface area contributed by atoms with Gasteiger partial charge in [0.05, 0.1) is 16.6 Å². The average Bonchev–Trinajstić information content (AvgIpc) is 3.11. The minimum atomic E-state index is -0.870. The molecule has 1 saturated carbocycles. The normalized spacial score (nSPS) is 15.9. The van der Waals surface area contributed by atoms with Gasteiger partial charge in [0.15, 0.2) is 0 Å². The largest absolute Gasteiger partial charge is 0.478 e. The van der Waals surface area contributed by atoms with Crippen LogP contribution in [0.5, 0.6) is 0 Å². The summed E-state index contributed by atoms with van der Waals surface area (Å²) >= 11 is 0. The van der Waals surface area contributed by atoms with Crippen molar-refractivity contribution in [1.82, 2.24) is 9.55 Å². The molecule has 1 aromatic heterocycles. The Morgan fingerprint density at radius 3 is 2.81 bits per heavy atom. The molecule has 0 atom stereocenters. The molecule has 0 unspecified atom stereocenters. The van der Waals surface area contributed by atoms with E-state index in [1.54, 1.807) is 12.1 Å². The molecule has 4 heteroatoms. The molecule has 1 fully saturated rings. The monoisotopic (exact) mass is 286 g/mol. The van der Waals surface area contributed by atoms with E-state index in [1.165, 1.54) is 25.7 Å². The lowest BCUT2D eigenvalue weighted by Gasteiger charge is -2.13. The predicted octanol–water partition coefficient (Wildman–Crippen LogP) is 3.88. The molecule has 1 aliphatic carbocycles. The van der Waals surface area contributed by atoms with Crippen LogP contribution in [0.4, 0.5) is 0 Å². The van der Waals surface area contributed by atoms with Crippen LogP contribution in [0.2, 0.25) is 0 Å². The average molecular weight is 286 g/mol. The molecule has 0 radical (unpaired) electrons. The number of hydrogen-bond acceptors (Lipinski definition) is 2. The number of para-hydroxylation sites is 1. The van der Waals surface area contributed by atoms with E-state index >= 15 is 0 Å². The highest BCUT2D eigenvalue weighted by Crippen LogP contribution is 2.29. The number of carboxylic acid groups (broad SMARTS) is 1. The first-order chi connectivity index (χ1) is 10.2. The minimum absolute atomic E-state index is 0.367. The Hall–Kier alpha value is -1.84. The molecule has 0 aliphatic heterocycles. The fourth-order valence-electron chi connectivity index (χ4n) is 3.53. The van der Waals surface area contributed by atoms with Crippen molar-refractivity contribution >= 4 is 17.0 Å². The Labute approximate surface area is 124 Å². The van der Waals surface area contributed by atoms with Crippen molar-refractivity contribution in [3.05, 3.63) is 29.6 Å². The second kappa shape index (κ2) is 5.88. The number of hydrogen-bond donors (Lipinski definition) is 1. The van der Waals surface area contributed by atoms with Gasteiger partial charge >= 0.3 is 5.97 Å². The van der Waals surface area contributed by atoms with Crippen LogP contribution in [0, 0.1) is 5.92 Å². The number of carbonyl (C=O) groups is 1. The summed E-state index contributed by atoms with van der Waals surface area (Å²) in [5.74, 6) is 0.922. The SMILES string of the molecule is CCc1nc2cccc(C(=O)O)c2n1CCC1CCCC1. The van der Waals surface area contributed by atoms with E-state index in [-0.39, 0.29) is 0 Å². The lowest BCUT2D eigenvalue weighted by molar-refractivity contribution is 0.0698. The maximum absolute atomic E-state index is 11.5. The highest BCUT2D eigenvalue weighted by Gasteiger charge is 2.19. The van der Waals surface area contributed by atoms with Gasteiger partial charge in [0.2, 0.25) is 0 Å². The summed E-state index contributed by atoms with van der Waals surface area (Å²) in [4.78, 5) is 16.1. The zero-order valence-electron chi connectivity index (χ0n) is 12.5. The molecule has 21 heavy (non-hydrogen) atoms. The number of carboxylic acids is 1. The summed E-state index contributed by atoms with van der Waals surface area (Å²) in [5, 5.41) is 9.43. The van der Waals surface area contributed by atoms with Gasteiger partial charge in [0, 0.05) is 13.0 Å². The molecule has 0 saturated heterocycles. The Morgan fingerprint density at radius 2 is 2.14 bits per heavy atom. The maximum atomic E-state index is 11.5.